The molecule has 3 aromatic carbocycles. The maximum absolute atomic E-state index is 14.2. The Bertz CT molecular complexity index is 1450. The smallest absolute Gasteiger partial charge is 0.264 e. The summed E-state index contributed by atoms with van der Waals surface area (Å²) in [7, 11) is -4.17. The molecule has 0 heterocycles. The first-order valence-electron chi connectivity index (χ1n) is 13.9. The fraction of sp³-hybridized carbons (Fsp3) is 0.355. The highest BCUT2D eigenvalue weighted by atomic mass is 35.5. The van der Waals surface area contributed by atoms with Crippen molar-refractivity contribution in [3.63, 3.8) is 0 Å². The average Bonchev–Trinajstić information content (AvgIpc) is 2.97. The van der Waals surface area contributed by atoms with Gasteiger partial charge in [0.15, 0.2) is 0 Å². The highest BCUT2D eigenvalue weighted by Crippen LogP contribution is 2.28. The van der Waals surface area contributed by atoms with E-state index in [2.05, 4.69) is 5.32 Å². The summed E-state index contributed by atoms with van der Waals surface area (Å²) in [4.78, 5) is 29.0. The van der Waals surface area contributed by atoms with Gasteiger partial charge in [-0.3, -0.25) is 13.9 Å². The molecule has 0 aromatic heterocycles. The van der Waals surface area contributed by atoms with E-state index in [1.807, 2.05) is 20.8 Å². The topological polar surface area (TPSA) is 96.0 Å². The van der Waals surface area contributed by atoms with Crippen LogP contribution in [0.25, 0.3) is 0 Å². The molecule has 8 nitrogen and oxygen atoms in total. The number of amides is 2. The van der Waals surface area contributed by atoms with E-state index in [9.17, 15) is 18.0 Å². The fourth-order valence-electron chi connectivity index (χ4n) is 4.32. The van der Waals surface area contributed by atoms with Gasteiger partial charge in [0.1, 0.15) is 18.3 Å². The first-order valence-corrected chi connectivity index (χ1v) is 16.1. The third kappa shape index (κ3) is 8.40. The Labute approximate surface area is 258 Å². The standard InChI is InChI=1S/C31H37Cl2N3O5S/c1-5-22(4)34-31(38)29(6-2)35(20-23-13-14-24(32)19-28(23)33)30(37)21-36(25-15-17-26(18-16-25)41-7-3)42(39,40)27-11-9-8-10-12-27/h8-19,22,29H,5-7,20-21H2,1-4H3,(H,34,38). The van der Waals surface area contributed by atoms with Crippen LogP contribution in [0, 0.1) is 0 Å². The SMILES string of the molecule is CCOc1ccc(N(CC(=O)N(Cc2ccc(Cl)cc2Cl)C(CC)C(=O)NC(C)CC)S(=O)(=O)c2ccccc2)cc1. The van der Waals surface area contributed by atoms with Crippen LogP contribution in [0.3, 0.4) is 0 Å². The molecule has 226 valence electrons. The molecule has 0 aliphatic carbocycles. The Hall–Kier alpha value is -3.27. The molecule has 3 rings (SSSR count). The average molecular weight is 635 g/mol. The zero-order valence-electron chi connectivity index (χ0n) is 24.2. The van der Waals surface area contributed by atoms with Gasteiger partial charge in [-0.25, -0.2) is 8.42 Å². The number of carbonyl (C=O) groups is 2. The van der Waals surface area contributed by atoms with Crippen LogP contribution < -0.4 is 14.4 Å². The zero-order chi connectivity index (χ0) is 30.9. The van der Waals surface area contributed by atoms with Crippen molar-refractivity contribution >= 4 is 50.7 Å². The minimum atomic E-state index is -4.17. The van der Waals surface area contributed by atoms with Crippen molar-refractivity contribution in [2.24, 2.45) is 0 Å². The van der Waals surface area contributed by atoms with Crippen LogP contribution in [0.1, 0.15) is 46.1 Å². The Balaban J connectivity index is 2.07. The second-order valence-corrected chi connectivity index (χ2v) is 12.5. The highest BCUT2D eigenvalue weighted by molar-refractivity contribution is 7.92. The summed E-state index contributed by atoms with van der Waals surface area (Å²) in [6.07, 6.45) is 1.01. The molecule has 1 N–H and O–H groups in total. The molecule has 0 radical (unpaired) electrons. The molecule has 2 amide bonds. The molecule has 0 spiro atoms. The third-order valence-corrected chi connectivity index (χ3v) is 9.16. The number of carbonyl (C=O) groups excluding carboxylic acids is 2. The summed E-state index contributed by atoms with van der Waals surface area (Å²) in [5, 5.41) is 3.71. The second kappa shape index (κ2) is 15.3. The number of halogens is 2. The van der Waals surface area contributed by atoms with Crippen LogP contribution in [0.2, 0.25) is 10.0 Å². The maximum Gasteiger partial charge on any atom is 0.264 e. The van der Waals surface area contributed by atoms with Gasteiger partial charge in [-0.05, 0) is 80.8 Å². The minimum Gasteiger partial charge on any atom is -0.494 e. The highest BCUT2D eigenvalue weighted by Gasteiger charge is 2.34. The Morgan fingerprint density at radius 2 is 1.60 bits per heavy atom. The number of rotatable bonds is 14. The normalized spacial score (nSPS) is 12.7. The van der Waals surface area contributed by atoms with Gasteiger partial charge in [0.25, 0.3) is 10.0 Å². The lowest BCUT2D eigenvalue weighted by Crippen LogP contribution is -2.53. The molecule has 2 unspecified atom stereocenters. The Kier molecular flexibility index (Phi) is 12.1. The van der Waals surface area contributed by atoms with Crippen LogP contribution in [-0.4, -0.2) is 50.4 Å². The summed E-state index contributed by atoms with van der Waals surface area (Å²) < 4.78 is 34.4. The van der Waals surface area contributed by atoms with E-state index in [0.717, 1.165) is 4.31 Å². The molecule has 0 saturated carbocycles. The fourth-order valence-corrected chi connectivity index (χ4v) is 6.22. The zero-order valence-corrected chi connectivity index (χ0v) is 26.5. The van der Waals surface area contributed by atoms with E-state index in [4.69, 9.17) is 27.9 Å². The van der Waals surface area contributed by atoms with E-state index in [-0.39, 0.29) is 29.1 Å². The Morgan fingerprint density at radius 3 is 2.17 bits per heavy atom. The largest absolute Gasteiger partial charge is 0.494 e. The summed E-state index contributed by atoms with van der Waals surface area (Å²) in [5.74, 6) is -0.333. The van der Waals surface area contributed by atoms with Crippen molar-refractivity contribution in [2.75, 3.05) is 17.5 Å². The van der Waals surface area contributed by atoms with Gasteiger partial charge in [-0.1, -0.05) is 61.3 Å². The second-order valence-electron chi connectivity index (χ2n) is 9.75. The molecule has 11 heteroatoms. The first kappa shape index (κ1) is 33.2. The van der Waals surface area contributed by atoms with Gasteiger partial charge in [-0.2, -0.15) is 0 Å². The number of ether oxygens (including phenoxy) is 1. The van der Waals surface area contributed by atoms with Gasteiger partial charge >= 0.3 is 0 Å². The number of nitrogens with zero attached hydrogens (tertiary/aromatic N) is 2. The van der Waals surface area contributed by atoms with E-state index in [0.29, 0.717) is 40.8 Å². The monoisotopic (exact) mass is 633 g/mol. The van der Waals surface area contributed by atoms with Crippen molar-refractivity contribution in [3.8, 4) is 5.75 Å². The van der Waals surface area contributed by atoms with E-state index >= 15 is 0 Å². The lowest BCUT2D eigenvalue weighted by Gasteiger charge is -2.34. The van der Waals surface area contributed by atoms with Crippen molar-refractivity contribution in [3.05, 3.63) is 88.4 Å². The molecular weight excluding hydrogens is 597 g/mol. The molecular formula is C31H37Cl2N3O5S. The summed E-state index contributed by atoms with van der Waals surface area (Å²) in [5.41, 5.74) is 0.847. The van der Waals surface area contributed by atoms with Gasteiger partial charge in [0.05, 0.1) is 17.2 Å². The van der Waals surface area contributed by atoms with Crippen LogP contribution in [0.5, 0.6) is 5.75 Å². The van der Waals surface area contributed by atoms with Gasteiger partial charge < -0.3 is 15.0 Å². The number of hydrogen-bond donors (Lipinski definition) is 1. The van der Waals surface area contributed by atoms with Crippen LogP contribution >= 0.6 is 23.2 Å². The van der Waals surface area contributed by atoms with Crippen molar-refractivity contribution in [1.29, 1.82) is 0 Å². The quantitative estimate of drug-likeness (QED) is 0.224. The molecule has 3 aromatic rings. The minimum absolute atomic E-state index is 0.0240. The van der Waals surface area contributed by atoms with Crippen LogP contribution in [0.4, 0.5) is 5.69 Å². The van der Waals surface area contributed by atoms with Gasteiger partial charge in [0.2, 0.25) is 11.8 Å². The number of hydrogen-bond acceptors (Lipinski definition) is 5. The van der Waals surface area contributed by atoms with Crippen molar-refractivity contribution < 1.29 is 22.7 Å². The van der Waals surface area contributed by atoms with Crippen molar-refractivity contribution in [2.45, 2.75) is 64.1 Å². The van der Waals surface area contributed by atoms with Crippen LogP contribution in [-0.2, 0) is 26.2 Å². The number of sulfonamides is 1. The molecule has 0 saturated heterocycles. The molecule has 42 heavy (non-hydrogen) atoms. The lowest BCUT2D eigenvalue weighted by atomic mass is 10.1. The van der Waals surface area contributed by atoms with E-state index in [1.54, 1.807) is 67.6 Å². The van der Waals surface area contributed by atoms with Crippen LogP contribution in [0.15, 0.2) is 77.7 Å². The van der Waals surface area contributed by atoms with E-state index < -0.39 is 28.5 Å². The lowest BCUT2D eigenvalue weighted by molar-refractivity contribution is -0.140. The molecule has 0 fully saturated rings. The van der Waals surface area contributed by atoms with E-state index in [1.165, 1.54) is 17.0 Å². The summed E-state index contributed by atoms with van der Waals surface area (Å²) >= 11 is 12.6. The number of nitrogens with one attached hydrogen (secondary N) is 1. The molecule has 0 bridgehead atoms. The third-order valence-electron chi connectivity index (χ3n) is 6.79. The van der Waals surface area contributed by atoms with Crippen molar-refractivity contribution in [1.82, 2.24) is 10.2 Å². The summed E-state index contributed by atoms with van der Waals surface area (Å²) in [6, 6.07) is 18.3. The molecule has 2 atom stereocenters. The predicted molar refractivity (Wildman–Crippen MR) is 168 cm³/mol. The maximum atomic E-state index is 14.2. The first-order chi connectivity index (χ1) is 20.0. The van der Waals surface area contributed by atoms with Gasteiger partial charge in [-0.15, -0.1) is 0 Å². The Morgan fingerprint density at radius 1 is 0.929 bits per heavy atom. The molecule has 0 aliphatic rings. The predicted octanol–water partition coefficient (Wildman–Crippen LogP) is 6.31. The van der Waals surface area contributed by atoms with Gasteiger partial charge in [0, 0.05) is 22.6 Å². The summed E-state index contributed by atoms with van der Waals surface area (Å²) in [6.45, 7) is 7.35. The number of benzene rings is 3. The number of anilines is 1. The molecule has 0 aliphatic heterocycles.